The van der Waals surface area contributed by atoms with Crippen LogP contribution in [-0.2, 0) is 9.84 Å². The molecule has 0 unspecified atom stereocenters. The second kappa shape index (κ2) is 3.90. The van der Waals surface area contributed by atoms with Crippen LogP contribution in [0.3, 0.4) is 0 Å². The summed E-state index contributed by atoms with van der Waals surface area (Å²) in [5.41, 5.74) is 0.344. The summed E-state index contributed by atoms with van der Waals surface area (Å²) in [5, 5.41) is 6.68. The van der Waals surface area contributed by atoms with Gasteiger partial charge in [-0.25, -0.2) is 13.2 Å². The van der Waals surface area contributed by atoms with Crippen molar-refractivity contribution >= 4 is 15.1 Å². The zero-order valence-electron chi connectivity index (χ0n) is 8.22. The second-order valence-electron chi connectivity index (χ2n) is 2.90. The minimum Gasteiger partial charge on any atom is -0.497 e. The number of aryl methyl sites for hydroxylation is 1. The van der Waals surface area contributed by atoms with E-state index in [1.54, 1.807) is 0 Å². The molecule has 0 saturated carbocycles. The van der Waals surface area contributed by atoms with Crippen molar-refractivity contribution in [2.45, 2.75) is 11.8 Å². The quantitative estimate of drug-likeness (QED) is 0.831. The van der Waals surface area contributed by atoms with Crippen LogP contribution in [0.15, 0.2) is 23.1 Å². The van der Waals surface area contributed by atoms with Crippen molar-refractivity contribution in [3.8, 4) is 5.75 Å². The smallest absolute Gasteiger partial charge is 0.427 e. The molecule has 0 spiro atoms. The van der Waals surface area contributed by atoms with Gasteiger partial charge in [-0.05, 0) is 30.7 Å². The van der Waals surface area contributed by atoms with Crippen molar-refractivity contribution in [3.63, 3.8) is 0 Å². The van der Waals surface area contributed by atoms with Crippen LogP contribution in [0.4, 0.5) is 4.79 Å². The average Bonchev–Trinajstić information content (AvgIpc) is 2.16. The van der Waals surface area contributed by atoms with Gasteiger partial charge >= 0.3 is 5.30 Å². The van der Waals surface area contributed by atoms with E-state index in [0.717, 1.165) is 0 Å². The molecule has 15 heavy (non-hydrogen) atoms. The lowest BCUT2D eigenvalue weighted by Gasteiger charge is -2.05. The highest BCUT2D eigenvalue weighted by molar-refractivity contribution is 8.05. The minimum absolute atomic E-state index is 0.212. The van der Waals surface area contributed by atoms with Gasteiger partial charge in [-0.15, -0.1) is 0 Å². The second-order valence-corrected chi connectivity index (χ2v) is 4.70. The molecule has 0 aliphatic heterocycles. The van der Waals surface area contributed by atoms with Gasteiger partial charge in [0.15, 0.2) is 0 Å². The summed E-state index contributed by atoms with van der Waals surface area (Å²) >= 11 is 0. The Morgan fingerprint density at radius 3 is 2.40 bits per heavy atom. The Morgan fingerprint density at radius 1 is 1.40 bits per heavy atom. The van der Waals surface area contributed by atoms with Crippen LogP contribution in [0, 0.1) is 6.92 Å². The first-order valence-corrected chi connectivity index (χ1v) is 5.50. The van der Waals surface area contributed by atoms with Crippen molar-refractivity contribution in [3.05, 3.63) is 23.8 Å². The fourth-order valence-electron chi connectivity index (χ4n) is 1.14. The molecule has 0 fully saturated rings. The molecular formula is C9H10O5S. The molecule has 1 aromatic carbocycles. The van der Waals surface area contributed by atoms with Gasteiger partial charge in [-0.3, -0.25) is 0 Å². The van der Waals surface area contributed by atoms with Crippen LogP contribution >= 0.6 is 0 Å². The van der Waals surface area contributed by atoms with E-state index >= 15 is 0 Å². The van der Waals surface area contributed by atoms with Crippen LogP contribution < -0.4 is 4.74 Å². The number of ether oxygens (including phenoxy) is 1. The van der Waals surface area contributed by atoms with E-state index in [1.807, 2.05) is 0 Å². The van der Waals surface area contributed by atoms with E-state index in [-0.39, 0.29) is 4.90 Å². The molecule has 5 nitrogen and oxygen atoms in total. The lowest BCUT2D eigenvalue weighted by atomic mass is 10.2. The molecule has 0 radical (unpaired) electrons. The molecule has 0 aliphatic carbocycles. The maximum Gasteiger partial charge on any atom is 0.427 e. The lowest BCUT2D eigenvalue weighted by molar-refractivity contribution is 0.219. The number of benzene rings is 1. The predicted octanol–water partition coefficient (Wildman–Crippen LogP) is 1.46. The number of carbonyl (C=O) groups is 1. The zero-order chi connectivity index (χ0) is 11.6. The molecule has 82 valence electrons. The summed E-state index contributed by atoms with van der Waals surface area (Å²) in [5.74, 6) is 0.483. The number of hydrogen-bond donors (Lipinski definition) is 1. The highest BCUT2D eigenvalue weighted by Gasteiger charge is 2.25. The van der Waals surface area contributed by atoms with Gasteiger partial charge in [0.25, 0.3) is 9.84 Å². The third-order valence-electron chi connectivity index (χ3n) is 1.90. The molecule has 0 saturated heterocycles. The minimum atomic E-state index is -4.27. The van der Waals surface area contributed by atoms with Gasteiger partial charge in [0.1, 0.15) is 5.75 Å². The Labute approximate surface area is 87.2 Å². The highest BCUT2D eigenvalue weighted by Crippen LogP contribution is 2.22. The van der Waals surface area contributed by atoms with Crippen molar-refractivity contribution < 1.29 is 23.1 Å². The summed E-state index contributed by atoms with van der Waals surface area (Å²) in [6.45, 7) is 1.51. The van der Waals surface area contributed by atoms with Gasteiger partial charge in [-0.2, -0.15) is 0 Å². The number of hydrogen-bond acceptors (Lipinski definition) is 4. The van der Waals surface area contributed by atoms with Crippen LogP contribution in [0.5, 0.6) is 5.75 Å². The van der Waals surface area contributed by atoms with E-state index < -0.39 is 15.1 Å². The van der Waals surface area contributed by atoms with Crippen LogP contribution in [0.2, 0.25) is 0 Å². The molecular weight excluding hydrogens is 220 g/mol. The summed E-state index contributed by atoms with van der Waals surface area (Å²) < 4.78 is 27.5. The molecule has 0 amide bonds. The Balaban J connectivity index is 3.35. The van der Waals surface area contributed by atoms with Crippen molar-refractivity contribution in [1.82, 2.24) is 0 Å². The Hall–Kier alpha value is -1.56. The van der Waals surface area contributed by atoms with Gasteiger partial charge in [0.05, 0.1) is 12.0 Å². The maximum absolute atomic E-state index is 11.3. The molecule has 0 aliphatic rings. The van der Waals surface area contributed by atoms with Gasteiger partial charge in [0, 0.05) is 0 Å². The molecule has 0 atom stereocenters. The summed E-state index contributed by atoms with van der Waals surface area (Å²) in [6, 6.07) is 4.09. The number of rotatable bonds is 2. The number of methoxy groups -OCH3 is 1. The number of sulfone groups is 1. The SMILES string of the molecule is COc1ccc(S(=O)(=O)C(=O)O)c(C)c1. The lowest BCUT2D eigenvalue weighted by Crippen LogP contribution is -2.13. The van der Waals surface area contributed by atoms with Crippen LogP contribution in [-0.4, -0.2) is 25.9 Å². The van der Waals surface area contributed by atoms with E-state index in [9.17, 15) is 13.2 Å². The molecule has 1 aromatic rings. The van der Waals surface area contributed by atoms with E-state index in [1.165, 1.54) is 32.2 Å². The predicted molar refractivity (Wildman–Crippen MR) is 52.9 cm³/mol. The van der Waals surface area contributed by atoms with E-state index in [2.05, 4.69) is 0 Å². The molecule has 1 rings (SSSR count). The topological polar surface area (TPSA) is 80.7 Å². The third kappa shape index (κ3) is 2.10. The number of carboxylic acid groups (broad SMARTS) is 1. The third-order valence-corrected chi connectivity index (χ3v) is 3.40. The van der Waals surface area contributed by atoms with E-state index in [0.29, 0.717) is 11.3 Å². The monoisotopic (exact) mass is 230 g/mol. The Kier molecular flexibility index (Phi) is 2.99. The molecule has 0 bridgehead atoms. The fourth-order valence-corrected chi connectivity index (χ4v) is 2.06. The standard InChI is InChI=1S/C9H10O5S/c1-6-5-7(14-2)3-4-8(6)15(12,13)9(10)11/h3-5H,1-2H3,(H,10,11). The average molecular weight is 230 g/mol. The van der Waals surface area contributed by atoms with Crippen molar-refractivity contribution in [2.75, 3.05) is 7.11 Å². The fraction of sp³-hybridized carbons (Fsp3) is 0.222. The van der Waals surface area contributed by atoms with Crippen molar-refractivity contribution in [1.29, 1.82) is 0 Å². The first-order chi connectivity index (χ1) is 6.89. The summed E-state index contributed by atoms with van der Waals surface area (Å²) in [6.07, 6.45) is 0. The highest BCUT2D eigenvalue weighted by atomic mass is 32.2. The van der Waals surface area contributed by atoms with Crippen LogP contribution in [0.1, 0.15) is 5.56 Å². The van der Waals surface area contributed by atoms with Crippen molar-refractivity contribution in [2.24, 2.45) is 0 Å². The summed E-state index contributed by atoms with van der Waals surface area (Å²) in [4.78, 5) is 10.3. The first kappa shape index (κ1) is 11.5. The summed E-state index contributed by atoms with van der Waals surface area (Å²) in [7, 11) is -2.83. The van der Waals surface area contributed by atoms with E-state index in [4.69, 9.17) is 9.84 Å². The van der Waals surface area contributed by atoms with Crippen LogP contribution in [0.25, 0.3) is 0 Å². The van der Waals surface area contributed by atoms with Gasteiger partial charge in [-0.1, -0.05) is 0 Å². The molecule has 0 heterocycles. The first-order valence-electron chi connectivity index (χ1n) is 4.02. The molecule has 0 aromatic heterocycles. The molecule has 6 heteroatoms. The Bertz CT molecular complexity index is 489. The molecule has 1 N–H and O–H groups in total. The van der Waals surface area contributed by atoms with Gasteiger partial charge < -0.3 is 9.84 Å². The zero-order valence-corrected chi connectivity index (χ0v) is 9.04. The normalized spacial score (nSPS) is 11.1. The maximum atomic E-state index is 11.3. The largest absolute Gasteiger partial charge is 0.497 e. The van der Waals surface area contributed by atoms with Gasteiger partial charge in [0.2, 0.25) is 0 Å². The Morgan fingerprint density at radius 2 is 2.00 bits per heavy atom.